The number of ether oxygens (including phenoxy) is 1. The van der Waals surface area contributed by atoms with Crippen LogP contribution in [-0.4, -0.2) is 17.5 Å². The Hall–Kier alpha value is -2.37. The first-order valence-electron chi connectivity index (χ1n) is 8.60. The Bertz CT molecular complexity index is 969. The highest BCUT2D eigenvalue weighted by molar-refractivity contribution is 7.15. The number of anilines is 1. The molecule has 1 aromatic heterocycles. The van der Waals surface area contributed by atoms with Gasteiger partial charge in [-0.2, -0.15) is 0 Å². The second kappa shape index (κ2) is 8.55. The first kappa shape index (κ1) is 19.4. The molecule has 0 saturated carbocycles. The standard InChI is InChI=1S/C21H21ClN2O2S/c1-13-4-5-15(3)19(8-13)26-12-20(25)24-21-23-11-17(27-21)9-16-7-6-14(2)18(22)10-16/h4-8,10-11H,9,12H2,1-3H3,(H,23,24,25). The molecule has 0 saturated heterocycles. The van der Waals surface area contributed by atoms with Crippen LogP contribution in [0.3, 0.4) is 0 Å². The minimum atomic E-state index is -0.227. The molecule has 1 amide bonds. The fourth-order valence-corrected chi connectivity index (χ4v) is 3.62. The van der Waals surface area contributed by atoms with Gasteiger partial charge in [-0.25, -0.2) is 4.98 Å². The van der Waals surface area contributed by atoms with Gasteiger partial charge in [0.15, 0.2) is 11.7 Å². The second-order valence-corrected chi connectivity index (χ2v) is 8.02. The average molecular weight is 401 g/mol. The predicted molar refractivity (Wildman–Crippen MR) is 111 cm³/mol. The van der Waals surface area contributed by atoms with Gasteiger partial charge in [0.1, 0.15) is 5.75 Å². The van der Waals surface area contributed by atoms with E-state index in [1.807, 2.05) is 51.1 Å². The van der Waals surface area contributed by atoms with Crippen molar-refractivity contribution in [2.75, 3.05) is 11.9 Å². The van der Waals surface area contributed by atoms with Gasteiger partial charge in [0.05, 0.1) is 0 Å². The zero-order valence-electron chi connectivity index (χ0n) is 15.5. The molecular formula is C21H21ClN2O2S. The normalized spacial score (nSPS) is 10.7. The molecule has 3 rings (SSSR count). The van der Waals surface area contributed by atoms with Crippen LogP contribution in [0.1, 0.15) is 27.1 Å². The molecule has 0 fully saturated rings. The van der Waals surface area contributed by atoms with Gasteiger partial charge in [-0.3, -0.25) is 10.1 Å². The molecular weight excluding hydrogens is 380 g/mol. The van der Waals surface area contributed by atoms with Crippen LogP contribution in [0.15, 0.2) is 42.6 Å². The van der Waals surface area contributed by atoms with Crippen molar-refractivity contribution >= 4 is 34.0 Å². The van der Waals surface area contributed by atoms with Gasteiger partial charge >= 0.3 is 0 Å². The van der Waals surface area contributed by atoms with E-state index in [0.29, 0.717) is 5.13 Å². The molecule has 0 aliphatic heterocycles. The lowest BCUT2D eigenvalue weighted by atomic mass is 10.1. The minimum Gasteiger partial charge on any atom is -0.483 e. The van der Waals surface area contributed by atoms with Crippen LogP contribution in [-0.2, 0) is 11.2 Å². The fraction of sp³-hybridized carbons (Fsp3) is 0.238. The Morgan fingerprint density at radius 1 is 1.15 bits per heavy atom. The summed E-state index contributed by atoms with van der Waals surface area (Å²) in [6.45, 7) is 5.88. The predicted octanol–water partition coefficient (Wildman–Crippen LogP) is 5.33. The van der Waals surface area contributed by atoms with Gasteiger partial charge in [-0.15, -0.1) is 11.3 Å². The van der Waals surface area contributed by atoms with Crippen LogP contribution in [0, 0.1) is 20.8 Å². The number of aryl methyl sites for hydroxylation is 3. The number of nitrogens with zero attached hydrogens (tertiary/aromatic N) is 1. The van der Waals surface area contributed by atoms with Crippen molar-refractivity contribution in [3.8, 4) is 5.75 Å². The van der Waals surface area contributed by atoms with E-state index in [9.17, 15) is 4.79 Å². The van der Waals surface area contributed by atoms with E-state index in [4.69, 9.17) is 16.3 Å². The van der Waals surface area contributed by atoms with Crippen molar-refractivity contribution in [2.45, 2.75) is 27.2 Å². The number of halogens is 1. The SMILES string of the molecule is Cc1ccc(C)c(OCC(=O)Nc2ncc(Cc3ccc(C)c(Cl)c3)s2)c1. The number of rotatable bonds is 6. The van der Waals surface area contributed by atoms with Gasteiger partial charge in [0.25, 0.3) is 5.91 Å². The third kappa shape index (κ3) is 5.31. The Morgan fingerprint density at radius 2 is 1.93 bits per heavy atom. The average Bonchev–Trinajstić information content (AvgIpc) is 3.06. The quantitative estimate of drug-likeness (QED) is 0.608. The Labute approximate surface area is 168 Å². The Balaban J connectivity index is 1.56. The van der Waals surface area contributed by atoms with Gasteiger partial charge in [-0.1, -0.05) is 35.9 Å². The first-order valence-corrected chi connectivity index (χ1v) is 9.80. The third-order valence-electron chi connectivity index (χ3n) is 4.12. The molecule has 3 aromatic rings. The zero-order chi connectivity index (χ0) is 19.4. The van der Waals surface area contributed by atoms with Crippen LogP contribution < -0.4 is 10.1 Å². The van der Waals surface area contributed by atoms with Crippen molar-refractivity contribution in [1.29, 1.82) is 0 Å². The molecule has 6 heteroatoms. The maximum atomic E-state index is 12.1. The molecule has 1 heterocycles. The summed E-state index contributed by atoms with van der Waals surface area (Å²) >= 11 is 7.63. The summed E-state index contributed by atoms with van der Waals surface area (Å²) in [6, 6.07) is 11.9. The van der Waals surface area contributed by atoms with Gasteiger partial charge in [0, 0.05) is 22.5 Å². The molecule has 0 radical (unpaired) electrons. The molecule has 4 nitrogen and oxygen atoms in total. The molecule has 140 valence electrons. The molecule has 0 atom stereocenters. The highest BCUT2D eigenvalue weighted by Crippen LogP contribution is 2.24. The summed E-state index contributed by atoms with van der Waals surface area (Å²) in [5, 5.41) is 4.12. The topological polar surface area (TPSA) is 51.2 Å². The largest absolute Gasteiger partial charge is 0.483 e. The summed E-state index contributed by atoms with van der Waals surface area (Å²) in [5.74, 6) is 0.497. The molecule has 27 heavy (non-hydrogen) atoms. The van der Waals surface area contributed by atoms with E-state index in [-0.39, 0.29) is 12.5 Å². The van der Waals surface area contributed by atoms with Crippen molar-refractivity contribution in [2.24, 2.45) is 0 Å². The van der Waals surface area contributed by atoms with Gasteiger partial charge in [-0.05, 0) is 55.2 Å². The second-order valence-electron chi connectivity index (χ2n) is 6.50. The number of aromatic nitrogens is 1. The number of benzene rings is 2. The molecule has 0 unspecified atom stereocenters. The minimum absolute atomic E-state index is 0.0488. The van der Waals surface area contributed by atoms with E-state index in [2.05, 4.69) is 16.4 Å². The number of amides is 1. The monoisotopic (exact) mass is 400 g/mol. The third-order valence-corrected chi connectivity index (χ3v) is 5.44. The molecule has 2 aromatic carbocycles. The number of hydrogen-bond donors (Lipinski definition) is 1. The van der Waals surface area contributed by atoms with Crippen molar-refractivity contribution in [3.63, 3.8) is 0 Å². The fourth-order valence-electron chi connectivity index (χ4n) is 2.56. The number of carbonyl (C=O) groups excluding carboxylic acids is 1. The van der Waals surface area contributed by atoms with Crippen LogP contribution in [0.2, 0.25) is 5.02 Å². The van der Waals surface area contributed by atoms with E-state index >= 15 is 0 Å². The maximum absolute atomic E-state index is 12.1. The Morgan fingerprint density at radius 3 is 2.70 bits per heavy atom. The lowest BCUT2D eigenvalue weighted by Gasteiger charge is -2.09. The molecule has 0 spiro atoms. The van der Waals surface area contributed by atoms with Gasteiger partial charge < -0.3 is 4.74 Å². The molecule has 0 aliphatic carbocycles. The van der Waals surface area contributed by atoms with Gasteiger partial charge in [0.2, 0.25) is 0 Å². The van der Waals surface area contributed by atoms with Crippen LogP contribution >= 0.6 is 22.9 Å². The highest BCUT2D eigenvalue weighted by atomic mass is 35.5. The van der Waals surface area contributed by atoms with Crippen molar-refractivity contribution in [3.05, 3.63) is 74.7 Å². The lowest BCUT2D eigenvalue weighted by molar-refractivity contribution is -0.118. The number of carbonyl (C=O) groups is 1. The summed E-state index contributed by atoms with van der Waals surface area (Å²) in [6.07, 6.45) is 2.51. The van der Waals surface area contributed by atoms with Crippen LogP contribution in [0.25, 0.3) is 0 Å². The van der Waals surface area contributed by atoms with E-state index < -0.39 is 0 Å². The lowest BCUT2D eigenvalue weighted by Crippen LogP contribution is -2.20. The van der Waals surface area contributed by atoms with Crippen LogP contribution in [0.4, 0.5) is 5.13 Å². The molecule has 0 aliphatic rings. The van der Waals surface area contributed by atoms with Crippen molar-refractivity contribution in [1.82, 2.24) is 4.98 Å². The van der Waals surface area contributed by atoms with E-state index in [0.717, 1.165) is 44.3 Å². The number of hydrogen-bond acceptors (Lipinski definition) is 4. The summed E-state index contributed by atoms with van der Waals surface area (Å²) < 4.78 is 5.63. The number of thiazole rings is 1. The van der Waals surface area contributed by atoms with E-state index in [1.54, 1.807) is 6.20 Å². The summed E-state index contributed by atoms with van der Waals surface area (Å²) in [4.78, 5) is 17.5. The first-order chi connectivity index (χ1) is 12.9. The number of nitrogens with one attached hydrogen (secondary N) is 1. The van der Waals surface area contributed by atoms with Crippen LogP contribution in [0.5, 0.6) is 5.75 Å². The van der Waals surface area contributed by atoms with E-state index in [1.165, 1.54) is 11.3 Å². The summed E-state index contributed by atoms with van der Waals surface area (Å²) in [7, 11) is 0. The van der Waals surface area contributed by atoms with Crippen molar-refractivity contribution < 1.29 is 9.53 Å². The maximum Gasteiger partial charge on any atom is 0.264 e. The smallest absolute Gasteiger partial charge is 0.264 e. The Kier molecular flexibility index (Phi) is 6.14. The zero-order valence-corrected chi connectivity index (χ0v) is 17.1. The summed E-state index contributed by atoms with van der Waals surface area (Å²) in [5.41, 5.74) is 4.27. The molecule has 1 N–H and O–H groups in total. The highest BCUT2D eigenvalue weighted by Gasteiger charge is 2.10. The molecule has 0 bridgehead atoms.